The van der Waals surface area contributed by atoms with Crippen molar-refractivity contribution in [2.75, 3.05) is 6.54 Å². The fourth-order valence-corrected chi connectivity index (χ4v) is 4.54. The van der Waals surface area contributed by atoms with E-state index in [1.807, 2.05) is 0 Å². The highest BCUT2D eigenvalue weighted by Crippen LogP contribution is 2.34. The van der Waals surface area contributed by atoms with Crippen LogP contribution in [0.25, 0.3) is 17.4 Å². The molecule has 148 valence electrons. The van der Waals surface area contributed by atoms with Crippen LogP contribution >= 0.6 is 24.0 Å². The van der Waals surface area contributed by atoms with Gasteiger partial charge in [0.15, 0.2) is 0 Å². The number of rotatable bonds is 7. The molecule has 0 saturated carbocycles. The molecule has 1 aliphatic rings. The van der Waals surface area contributed by atoms with Crippen molar-refractivity contribution in [2.45, 2.75) is 31.1 Å². The minimum atomic E-state index is -3.73. The summed E-state index contributed by atoms with van der Waals surface area (Å²) in [7, 11) is -3.73. The van der Waals surface area contributed by atoms with Gasteiger partial charge >= 0.3 is 0 Å². The van der Waals surface area contributed by atoms with E-state index in [2.05, 4.69) is 6.92 Å². The van der Waals surface area contributed by atoms with Gasteiger partial charge in [-0.3, -0.25) is 9.69 Å². The molecule has 2 N–H and O–H groups in total. The molecule has 0 radical (unpaired) electrons. The molecule has 0 aliphatic carbocycles. The topological polar surface area (TPSA) is 93.6 Å². The predicted octanol–water partition coefficient (Wildman–Crippen LogP) is 3.99. The average molecular weight is 437 g/mol. The number of hydrogen-bond donors (Lipinski definition) is 1. The van der Waals surface area contributed by atoms with Gasteiger partial charge in [-0.25, -0.2) is 13.6 Å². The van der Waals surface area contributed by atoms with Gasteiger partial charge in [-0.1, -0.05) is 43.7 Å². The van der Waals surface area contributed by atoms with Crippen LogP contribution in [0.3, 0.4) is 0 Å². The number of carbonyl (C=O) groups excluding carboxylic acids is 1. The molecule has 1 fully saturated rings. The van der Waals surface area contributed by atoms with Crippen LogP contribution in [0.1, 0.15) is 31.9 Å². The Morgan fingerprint density at radius 3 is 2.54 bits per heavy atom. The standard InChI is InChI=1S/C19H20N2O4S3/c1-2-3-4-11-21-18(22)17(27-19(21)26)12-14-7-10-16(25-14)13-5-8-15(9-6-13)28(20,23)24/h5-10,12H,2-4,11H2,1H3,(H2,20,23,24). The van der Waals surface area contributed by atoms with Gasteiger partial charge in [-0.2, -0.15) is 0 Å². The highest BCUT2D eigenvalue weighted by Gasteiger charge is 2.31. The molecule has 1 amide bonds. The lowest BCUT2D eigenvalue weighted by molar-refractivity contribution is -0.122. The summed E-state index contributed by atoms with van der Waals surface area (Å²) in [5.74, 6) is 0.992. The van der Waals surface area contributed by atoms with Gasteiger partial charge in [0.05, 0.1) is 9.80 Å². The van der Waals surface area contributed by atoms with E-state index in [0.717, 1.165) is 19.3 Å². The fraction of sp³-hybridized carbons (Fsp3) is 0.263. The van der Waals surface area contributed by atoms with E-state index >= 15 is 0 Å². The minimum Gasteiger partial charge on any atom is -0.457 e. The second kappa shape index (κ2) is 8.60. The van der Waals surface area contributed by atoms with Crippen LogP contribution < -0.4 is 5.14 Å². The van der Waals surface area contributed by atoms with E-state index in [9.17, 15) is 13.2 Å². The lowest BCUT2D eigenvalue weighted by Crippen LogP contribution is -2.28. The van der Waals surface area contributed by atoms with Crippen LogP contribution in [0.15, 0.2) is 50.6 Å². The second-order valence-corrected chi connectivity index (χ2v) is 9.55. The Hall–Kier alpha value is -1.94. The molecular formula is C19H20N2O4S3. The van der Waals surface area contributed by atoms with Crippen molar-refractivity contribution in [3.8, 4) is 11.3 Å². The number of thioether (sulfide) groups is 1. The summed E-state index contributed by atoms with van der Waals surface area (Å²) in [4.78, 5) is 14.8. The van der Waals surface area contributed by atoms with Crippen LogP contribution in [0.4, 0.5) is 0 Å². The first-order valence-electron chi connectivity index (χ1n) is 8.78. The van der Waals surface area contributed by atoms with Crippen LogP contribution in [0, 0.1) is 0 Å². The third kappa shape index (κ3) is 4.72. The smallest absolute Gasteiger partial charge is 0.266 e. The summed E-state index contributed by atoms with van der Waals surface area (Å²) in [5.41, 5.74) is 0.708. The minimum absolute atomic E-state index is 0.0368. The summed E-state index contributed by atoms with van der Waals surface area (Å²) in [6.45, 7) is 2.75. The molecule has 2 aromatic rings. The number of amides is 1. The van der Waals surface area contributed by atoms with E-state index in [-0.39, 0.29) is 10.8 Å². The molecule has 0 unspecified atom stereocenters. The summed E-state index contributed by atoms with van der Waals surface area (Å²) in [6, 6.07) is 9.61. The Bertz CT molecular complexity index is 1020. The second-order valence-electron chi connectivity index (χ2n) is 6.31. The van der Waals surface area contributed by atoms with Crippen LogP contribution in [-0.2, 0) is 14.8 Å². The number of nitrogens with zero attached hydrogens (tertiary/aromatic N) is 1. The first-order valence-corrected chi connectivity index (χ1v) is 11.5. The molecule has 6 nitrogen and oxygen atoms in total. The summed E-state index contributed by atoms with van der Waals surface area (Å²) < 4.78 is 29.0. The highest BCUT2D eigenvalue weighted by atomic mass is 32.2. The maximum atomic E-state index is 12.6. The van der Waals surface area contributed by atoms with Crippen molar-refractivity contribution >= 4 is 50.3 Å². The van der Waals surface area contributed by atoms with Crippen molar-refractivity contribution in [2.24, 2.45) is 5.14 Å². The summed E-state index contributed by atoms with van der Waals surface area (Å²) >= 11 is 6.59. The number of thiocarbonyl (C=S) groups is 1. The maximum absolute atomic E-state index is 12.6. The van der Waals surface area contributed by atoms with Crippen molar-refractivity contribution in [1.29, 1.82) is 0 Å². The lowest BCUT2D eigenvalue weighted by atomic mass is 10.2. The van der Waals surface area contributed by atoms with E-state index in [0.29, 0.717) is 32.9 Å². The molecule has 0 atom stereocenters. The Morgan fingerprint density at radius 1 is 1.18 bits per heavy atom. The number of benzene rings is 1. The van der Waals surface area contributed by atoms with Gasteiger partial charge in [-0.05, 0) is 42.8 Å². The Balaban J connectivity index is 1.75. The number of nitrogens with two attached hydrogens (primary N) is 1. The van der Waals surface area contributed by atoms with Crippen molar-refractivity contribution in [3.63, 3.8) is 0 Å². The van der Waals surface area contributed by atoms with Crippen molar-refractivity contribution in [1.82, 2.24) is 4.90 Å². The normalized spacial score (nSPS) is 16.4. The Labute approximate surface area is 173 Å². The van der Waals surface area contributed by atoms with Crippen LogP contribution in [0.2, 0.25) is 0 Å². The molecule has 1 aromatic heterocycles. The van der Waals surface area contributed by atoms with E-state index < -0.39 is 10.0 Å². The van der Waals surface area contributed by atoms with E-state index in [1.165, 1.54) is 23.9 Å². The number of primary sulfonamides is 1. The largest absolute Gasteiger partial charge is 0.457 e. The SMILES string of the molecule is CCCCCN1C(=O)C(=Cc2ccc(-c3ccc(S(N)(=O)=O)cc3)o2)SC1=S. The van der Waals surface area contributed by atoms with E-state index in [1.54, 1.807) is 35.2 Å². The molecular weight excluding hydrogens is 416 g/mol. The molecule has 3 rings (SSSR count). The number of unbranched alkanes of at least 4 members (excludes halogenated alkanes) is 2. The summed E-state index contributed by atoms with van der Waals surface area (Å²) in [5, 5.41) is 5.11. The predicted molar refractivity (Wildman–Crippen MR) is 115 cm³/mol. The third-order valence-corrected chi connectivity index (χ3v) is 6.53. The molecule has 9 heteroatoms. The van der Waals surface area contributed by atoms with Crippen LogP contribution in [-0.4, -0.2) is 30.1 Å². The number of sulfonamides is 1. The molecule has 1 saturated heterocycles. The third-order valence-electron chi connectivity index (χ3n) is 4.23. The van der Waals surface area contributed by atoms with Gasteiger partial charge in [0.25, 0.3) is 5.91 Å². The quantitative estimate of drug-likeness (QED) is 0.401. The van der Waals surface area contributed by atoms with Gasteiger partial charge in [0.1, 0.15) is 15.8 Å². The molecule has 0 spiro atoms. The Kier molecular flexibility index (Phi) is 6.39. The highest BCUT2D eigenvalue weighted by molar-refractivity contribution is 8.26. The Morgan fingerprint density at radius 2 is 1.89 bits per heavy atom. The molecule has 0 bridgehead atoms. The number of furan rings is 1. The number of hydrogen-bond acceptors (Lipinski definition) is 6. The van der Waals surface area contributed by atoms with Crippen molar-refractivity contribution < 1.29 is 17.6 Å². The average Bonchev–Trinajstić information content (AvgIpc) is 3.21. The van der Waals surface area contributed by atoms with Gasteiger partial charge in [0.2, 0.25) is 10.0 Å². The zero-order chi connectivity index (χ0) is 20.3. The monoisotopic (exact) mass is 436 g/mol. The maximum Gasteiger partial charge on any atom is 0.266 e. The zero-order valence-electron chi connectivity index (χ0n) is 15.3. The van der Waals surface area contributed by atoms with Crippen molar-refractivity contribution in [3.05, 3.63) is 47.1 Å². The van der Waals surface area contributed by atoms with Crippen LogP contribution in [0.5, 0.6) is 0 Å². The first kappa shape index (κ1) is 20.8. The molecule has 1 aliphatic heterocycles. The van der Waals surface area contributed by atoms with E-state index in [4.69, 9.17) is 21.8 Å². The van der Waals surface area contributed by atoms with Gasteiger partial charge in [0, 0.05) is 18.2 Å². The number of carbonyl (C=O) groups is 1. The molecule has 28 heavy (non-hydrogen) atoms. The van der Waals surface area contributed by atoms with Gasteiger partial charge < -0.3 is 4.42 Å². The van der Waals surface area contributed by atoms with Gasteiger partial charge in [-0.15, -0.1) is 0 Å². The zero-order valence-corrected chi connectivity index (χ0v) is 17.7. The summed E-state index contributed by atoms with van der Waals surface area (Å²) in [6.07, 6.45) is 4.75. The lowest BCUT2D eigenvalue weighted by Gasteiger charge is -2.13. The fourth-order valence-electron chi connectivity index (χ4n) is 2.74. The molecule has 2 heterocycles. The first-order chi connectivity index (χ1) is 13.3. The molecule has 1 aromatic carbocycles.